The van der Waals surface area contributed by atoms with Crippen molar-refractivity contribution < 1.29 is 14.7 Å². The Hall–Kier alpha value is -2.57. The van der Waals surface area contributed by atoms with Gasteiger partial charge in [-0.3, -0.25) is 9.79 Å². The lowest BCUT2D eigenvalue weighted by Crippen LogP contribution is -2.42. The molecule has 0 bridgehead atoms. The molecule has 0 aromatic heterocycles. The summed E-state index contributed by atoms with van der Waals surface area (Å²) in [4.78, 5) is 26.8. The molecule has 22 heavy (non-hydrogen) atoms. The third-order valence-electron chi connectivity index (χ3n) is 3.02. The molecule has 1 atom stereocenters. The number of nitrogens with zero attached hydrogens (tertiary/aromatic N) is 1. The molecule has 0 aliphatic heterocycles. The molecule has 1 aromatic rings. The van der Waals surface area contributed by atoms with Crippen LogP contribution in [-0.2, 0) is 16.0 Å². The molecule has 7 nitrogen and oxygen atoms in total. The fraction of sp³-hybridized carbons (Fsp3) is 0.400. The van der Waals surface area contributed by atoms with E-state index in [1.165, 1.54) is 0 Å². The third-order valence-corrected chi connectivity index (χ3v) is 3.02. The van der Waals surface area contributed by atoms with E-state index in [9.17, 15) is 14.7 Å². The molecule has 0 aliphatic rings. The fourth-order valence-corrected chi connectivity index (χ4v) is 1.92. The van der Waals surface area contributed by atoms with E-state index in [-0.39, 0.29) is 24.7 Å². The summed E-state index contributed by atoms with van der Waals surface area (Å²) in [7, 11) is 0. The van der Waals surface area contributed by atoms with Crippen LogP contribution >= 0.6 is 0 Å². The summed E-state index contributed by atoms with van der Waals surface area (Å²) in [5.41, 5.74) is 11.2. The van der Waals surface area contributed by atoms with Crippen molar-refractivity contribution in [3.63, 3.8) is 0 Å². The highest BCUT2D eigenvalue weighted by Crippen LogP contribution is 2.04. The molecule has 0 saturated carbocycles. The van der Waals surface area contributed by atoms with Gasteiger partial charge in [-0.05, 0) is 18.4 Å². The summed E-state index contributed by atoms with van der Waals surface area (Å²) in [5.74, 6) is -1.30. The molecule has 120 valence electrons. The van der Waals surface area contributed by atoms with E-state index in [2.05, 4.69) is 10.3 Å². The third kappa shape index (κ3) is 7.28. The number of rotatable bonds is 9. The second kappa shape index (κ2) is 9.38. The zero-order valence-corrected chi connectivity index (χ0v) is 12.4. The Labute approximate surface area is 129 Å². The molecule has 0 unspecified atom stereocenters. The van der Waals surface area contributed by atoms with E-state index in [0.717, 1.165) is 5.56 Å². The van der Waals surface area contributed by atoms with Gasteiger partial charge in [-0.2, -0.15) is 0 Å². The first kappa shape index (κ1) is 17.5. The lowest BCUT2D eigenvalue weighted by atomic mass is 10.1. The van der Waals surface area contributed by atoms with Gasteiger partial charge in [0.05, 0.1) is 0 Å². The number of unbranched alkanes of at least 4 members (excludes halogenated alkanes) is 1. The molecule has 0 heterocycles. The molecule has 0 spiro atoms. The minimum absolute atomic E-state index is 0.0262. The van der Waals surface area contributed by atoms with Crippen LogP contribution in [0.15, 0.2) is 35.3 Å². The number of carboxylic acids is 1. The average molecular weight is 306 g/mol. The van der Waals surface area contributed by atoms with Crippen LogP contribution in [0.2, 0.25) is 0 Å². The molecule has 6 N–H and O–H groups in total. The normalized spacial score (nSPS) is 11.5. The van der Waals surface area contributed by atoms with Crippen molar-refractivity contribution in [2.24, 2.45) is 16.5 Å². The number of benzene rings is 1. The molecule has 1 aromatic carbocycles. The highest BCUT2D eigenvalue weighted by Gasteiger charge is 2.19. The Morgan fingerprint density at radius 3 is 2.45 bits per heavy atom. The molecule has 0 saturated heterocycles. The second-order valence-corrected chi connectivity index (χ2v) is 4.91. The Morgan fingerprint density at radius 1 is 1.18 bits per heavy atom. The number of carbonyl (C=O) groups is 2. The predicted molar refractivity (Wildman–Crippen MR) is 84.2 cm³/mol. The average Bonchev–Trinajstić information content (AvgIpc) is 2.47. The molecule has 1 amide bonds. The number of carboxylic acid groups (broad SMARTS) is 1. The number of aliphatic carboxylic acids is 1. The predicted octanol–water partition coefficient (Wildman–Crippen LogP) is 0.242. The van der Waals surface area contributed by atoms with E-state index in [1.807, 2.05) is 30.3 Å². The molecule has 0 aliphatic carbocycles. The van der Waals surface area contributed by atoms with E-state index < -0.39 is 12.0 Å². The number of amides is 1. The molecule has 0 radical (unpaired) electrons. The maximum Gasteiger partial charge on any atom is 0.326 e. The van der Waals surface area contributed by atoms with Gasteiger partial charge in [-0.25, -0.2) is 4.79 Å². The van der Waals surface area contributed by atoms with Gasteiger partial charge in [0.2, 0.25) is 5.91 Å². The Morgan fingerprint density at radius 2 is 1.86 bits per heavy atom. The van der Waals surface area contributed by atoms with Gasteiger partial charge >= 0.3 is 5.97 Å². The first-order chi connectivity index (χ1) is 10.5. The topological polar surface area (TPSA) is 131 Å². The van der Waals surface area contributed by atoms with Gasteiger partial charge in [0.1, 0.15) is 6.04 Å². The van der Waals surface area contributed by atoms with Crippen LogP contribution in [0.1, 0.15) is 24.8 Å². The minimum atomic E-state index is -1.04. The lowest BCUT2D eigenvalue weighted by molar-refractivity contribution is -0.141. The summed E-state index contributed by atoms with van der Waals surface area (Å²) in [6.45, 7) is 0.460. The van der Waals surface area contributed by atoms with Gasteiger partial charge in [-0.1, -0.05) is 30.3 Å². The summed E-state index contributed by atoms with van der Waals surface area (Å²) in [5, 5.41) is 11.7. The number of aliphatic imine (C=N–C) groups is 1. The zero-order chi connectivity index (χ0) is 16.4. The van der Waals surface area contributed by atoms with Gasteiger partial charge in [0.25, 0.3) is 0 Å². The van der Waals surface area contributed by atoms with Gasteiger partial charge in [0.15, 0.2) is 5.96 Å². The van der Waals surface area contributed by atoms with Crippen molar-refractivity contribution in [2.45, 2.75) is 31.7 Å². The number of nitrogens with two attached hydrogens (primary N) is 2. The van der Waals surface area contributed by atoms with E-state index >= 15 is 0 Å². The largest absolute Gasteiger partial charge is 0.480 e. The Kier molecular flexibility index (Phi) is 7.45. The number of hydrogen-bond acceptors (Lipinski definition) is 3. The summed E-state index contributed by atoms with van der Waals surface area (Å²) >= 11 is 0. The number of nitrogens with one attached hydrogen (secondary N) is 1. The van der Waals surface area contributed by atoms with Crippen LogP contribution in [0.5, 0.6) is 0 Å². The van der Waals surface area contributed by atoms with E-state index in [0.29, 0.717) is 19.4 Å². The van der Waals surface area contributed by atoms with E-state index in [4.69, 9.17) is 11.5 Å². The summed E-state index contributed by atoms with van der Waals surface area (Å²) in [6, 6.07) is 8.26. The van der Waals surface area contributed by atoms with Crippen molar-refractivity contribution in [3.05, 3.63) is 35.9 Å². The van der Waals surface area contributed by atoms with Crippen molar-refractivity contribution in [3.8, 4) is 0 Å². The molecule has 1 rings (SSSR count). The first-order valence-electron chi connectivity index (χ1n) is 7.10. The number of hydrogen-bond donors (Lipinski definition) is 4. The van der Waals surface area contributed by atoms with Crippen LogP contribution in [0.25, 0.3) is 0 Å². The van der Waals surface area contributed by atoms with Crippen molar-refractivity contribution in [1.29, 1.82) is 0 Å². The van der Waals surface area contributed by atoms with E-state index in [1.54, 1.807) is 0 Å². The quantitative estimate of drug-likeness (QED) is 0.295. The second-order valence-electron chi connectivity index (χ2n) is 4.91. The molecular formula is C15H22N4O3. The van der Waals surface area contributed by atoms with Crippen LogP contribution in [0, 0.1) is 0 Å². The maximum absolute atomic E-state index is 11.8. The monoisotopic (exact) mass is 306 g/mol. The smallest absolute Gasteiger partial charge is 0.326 e. The lowest BCUT2D eigenvalue weighted by Gasteiger charge is -2.14. The summed E-state index contributed by atoms with van der Waals surface area (Å²) < 4.78 is 0. The SMILES string of the molecule is NC(N)=NCCCCC(=O)N[C@@H](Cc1ccccc1)C(=O)O. The fourth-order valence-electron chi connectivity index (χ4n) is 1.92. The standard InChI is InChI=1S/C15H22N4O3/c16-15(17)18-9-5-4-8-13(20)19-12(14(21)22)10-11-6-2-1-3-7-11/h1-3,6-7,12H,4-5,8-10H2,(H,19,20)(H,21,22)(H4,16,17,18)/t12-/m0/s1. The van der Waals surface area contributed by atoms with Crippen molar-refractivity contribution in [1.82, 2.24) is 5.32 Å². The van der Waals surface area contributed by atoms with Gasteiger partial charge < -0.3 is 21.9 Å². The minimum Gasteiger partial charge on any atom is -0.480 e. The van der Waals surface area contributed by atoms with Crippen LogP contribution in [0.3, 0.4) is 0 Å². The van der Waals surface area contributed by atoms with Gasteiger partial charge in [-0.15, -0.1) is 0 Å². The van der Waals surface area contributed by atoms with Crippen LogP contribution in [-0.4, -0.2) is 35.5 Å². The van der Waals surface area contributed by atoms with Crippen molar-refractivity contribution >= 4 is 17.8 Å². The maximum atomic E-state index is 11.8. The van der Waals surface area contributed by atoms with Gasteiger partial charge in [0, 0.05) is 19.4 Å². The Balaban J connectivity index is 2.38. The molecule has 7 heteroatoms. The highest BCUT2D eigenvalue weighted by molar-refractivity contribution is 5.83. The molecule has 0 fully saturated rings. The molecular weight excluding hydrogens is 284 g/mol. The summed E-state index contributed by atoms with van der Waals surface area (Å²) in [6.07, 6.45) is 1.77. The number of carbonyl (C=O) groups excluding carboxylic acids is 1. The first-order valence-corrected chi connectivity index (χ1v) is 7.10. The Bertz CT molecular complexity index is 513. The number of guanidine groups is 1. The van der Waals surface area contributed by atoms with Crippen molar-refractivity contribution in [2.75, 3.05) is 6.54 Å². The zero-order valence-electron chi connectivity index (χ0n) is 12.4. The van der Waals surface area contributed by atoms with Crippen LogP contribution < -0.4 is 16.8 Å². The van der Waals surface area contributed by atoms with Crippen LogP contribution in [0.4, 0.5) is 0 Å². The highest BCUT2D eigenvalue weighted by atomic mass is 16.4.